The molecule has 0 radical (unpaired) electrons. The fourth-order valence-electron chi connectivity index (χ4n) is 4.02. The van der Waals surface area contributed by atoms with Crippen molar-refractivity contribution < 1.29 is 17.9 Å². The van der Waals surface area contributed by atoms with Crippen LogP contribution < -0.4 is 0 Å². The molecule has 0 N–H and O–H groups in total. The van der Waals surface area contributed by atoms with Crippen molar-refractivity contribution in [2.45, 2.75) is 43.4 Å². The molecule has 0 spiro atoms. The third-order valence-corrected chi connectivity index (χ3v) is 8.51. The predicted molar refractivity (Wildman–Crippen MR) is 88.8 cm³/mol. The maximum atomic E-state index is 13.1. The zero-order valence-electron chi connectivity index (χ0n) is 13.0. The Morgan fingerprint density at radius 2 is 2.13 bits per heavy atom. The average molecular weight is 355 g/mol. The average Bonchev–Trinajstić information content (AvgIpc) is 2.99. The van der Waals surface area contributed by atoms with Gasteiger partial charge in [0.2, 0.25) is 0 Å². The van der Waals surface area contributed by atoms with E-state index in [-0.39, 0.29) is 24.3 Å². The van der Waals surface area contributed by atoms with Gasteiger partial charge < -0.3 is 9.64 Å². The van der Waals surface area contributed by atoms with Crippen LogP contribution in [0.25, 0.3) is 0 Å². The van der Waals surface area contributed by atoms with Crippen molar-refractivity contribution >= 4 is 27.1 Å². The Morgan fingerprint density at radius 1 is 1.30 bits per heavy atom. The highest BCUT2D eigenvalue weighted by Gasteiger charge is 2.45. The summed E-state index contributed by atoms with van der Waals surface area (Å²) in [5.74, 6) is 0.0754. The summed E-state index contributed by atoms with van der Waals surface area (Å²) in [5.41, 5.74) is 2.03. The molecular weight excluding hydrogens is 334 g/mol. The van der Waals surface area contributed by atoms with Gasteiger partial charge in [-0.2, -0.15) is 0 Å². The van der Waals surface area contributed by atoms with Crippen molar-refractivity contribution in [3.05, 3.63) is 21.4 Å². The highest BCUT2D eigenvalue weighted by Crippen LogP contribution is 2.33. The Labute approximate surface area is 140 Å². The number of amides is 1. The van der Waals surface area contributed by atoms with E-state index in [0.717, 1.165) is 24.8 Å². The van der Waals surface area contributed by atoms with Gasteiger partial charge in [0.1, 0.15) is 5.25 Å². The number of nitrogens with zero attached hydrogens (tertiary/aromatic N) is 1. The number of hydrogen-bond acceptors (Lipinski definition) is 5. The second kappa shape index (κ2) is 5.86. The van der Waals surface area contributed by atoms with E-state index in [9.17, 15) is 13.2 Å². The van der Waals surface area contributed by atoms with Crippen LogP contribution in [-0.4, -0.2) is 56.0 Å². The van der Waals surface area contributed by atoms with Gasteiger partial charge in [-0.15, -0.1) is 11.3 Å². The van der Waals surface area contributed by atoms with E-state index in [1.807, 2.05) is 10.3 Å². The van der Waals surface area contributed by atoms with Gasteiger partial charge in [0.05, 0.1) is 24.0 Å². The number of sulfone groups is 1. The monoisotopic (exact) mass is 355 g/mol. The number of carbonyl (C=O) groups is 1. The van der Waals surface area contributed by atoms with E-state index in [2.05, 4.69) is 0 Å². The van der Waals surface area contributed by atoms with Crippen LogP contribution in [0.2, 0.25) is 0 Å². The van der Waals surface area contributed by atoms with E-state index in [1.54, 1.807) is 11.3 Å². The van der Waals surface area contributed by atoms with Crippen LogP contribution in [0.15, 0.2) is 5.38 Å². The molecule has 3 heterocycles. The van der Waals surface area contributed by atoms with Gasteiger partial charge >= 0.3 is 0 Å². The summed E-state index contributed by atoms with van der Waals surface area (Å²) < 4.78 is 29.9. The van der Waals surface area contributed by atoms with Crippen LogP contribution in [0.5, 0.6) is 0 Å². The molecule has 2 unspecified atom stereocenters. The van der Waals surface area contributed by atoms with Crippen molar-refractivity contribution in [1.82, 2.24) is 4.90 Å². The zero-order chi connectivity index (χ0) is 16.0. The Balaban J connectivity index is 1.64. The second-order valence-electron chi connectivity index (χ2n) is 6.59. The molecular formula is C16H21NO4S2. The van der Waals surface area contributed by atoms with Crippen LogP contribution in [0.3, 0.4) is 0 Å². The molecule has 4 rings (SSSR count). The van der Waals surface area contributed by atoms with Crippen LogP contribution >= 0.6 is 11.3 Å². The minimum Gasteiger partial charge on any atom is -0.380 e. The Kier molecular flexibility index (Phi) is 3.98. The molecule has 1 aromatic rings. The summed E-state index contributed by atoms with van der Waals surface area (Å²) in [6.07, 6.45) is 5.00. The second-order valence-corrected chi connectivity index (χ2v) is 9.90. The minimum atomic E-state index is -3.15. The lowest BCUT2D eigenvalue weighted by atomic mass is 9.95. The summed E-state index contributed by atoms with van der Waals surface area (Å²) >= 11 is 1.68. The first-order chi connectivity index (χ1) is 11.1. The molecule has 7 heteroatoms. The number of thiophene rings is 1. The fraction of sp³-hybridized carbons (Fsp3) is 0.688. The molecule has 2 aliphatic heterocycles. The van der Waals surface area contributed by atoms with Gasteiger partial charge in [-0.05, 0) is 37.7 Å². The van der Waals surface area contributed by atoms with E-state index in [4.69, 9.17) is 4.74 Å². The summed E-state index contributed by atoms with van der Waals surface area (Å²) in [5, 5.41) is 1.43. The molecule has 1 aliphatic carbocycles. The molecule has 2 saturated heterocycles. The fourth-order valence-corrected chi connectivity index (χ4v) is 6.96. The number of fused-ring (bicyclic) bond motifs is 2. The first kappa shape index (κ1) is 15.6. The lowest BCUT2D eigenvalue weighted by molar-refractivity contribution is 0.0293. The molecule has 23 heavy (non-hydrogen) atoms. The third kappa shape index (κ3) is 2.62. The molecule has 2 atom stereocenters. The molecule has 1 amide bonds. The van der Waals surface area contributed by atoms with Crippen molar-refractivity contribution in [2.24, 2.45) is 0 Å². The Bertz CT molecular complexity index is 724. The molecule has 5 nitrogen and oxygen atoms in total. The van der Waals surface area contributed by atoms with E-state index < -0.39 is 15.1 Å². The summed E-state index contributed by atoms with van der Waals surface area (Å²) in [6, 6.07) is -0.228. The van der Waals surface area contributed by atoms with Crippen molar-refractivity contribution in [3.8, 4) is 0 Å². The molecule has 2 fully saturated rings. The standard InChI is InChI=1S/C16H21NO4S2/c18-16(12-10-22-14-4-2-1-3-11(12)14)17-6-8-23(19,20)15-9-21-7-5-13(15)17/h10,13,15H,1-9H2. The van der Waals surface area contributed by atoms with Crippen LogP contribution in [0.1, 0.15) is 40.1 Å². The number of hydrogen-bond donors (Lipinski definition) is 0. The van der Waals surface area contributed by atoms with Crippen LogP contribution in [0.4, 0.5) is 0 Å². The van der Waals surface area contributed by atoms with Gasteiger partial charge in [-0.3, -0.25) is 4.79 Å². The summed E-state index contributed by atoms with van der Waals surface area (Å²) in [6.45, 7) is 1.06. The smallest absolute Gasteiger partial charge is 0.255 e. The number of rotatable bonds is 1. The number of ether oxygens (including phenoxy) is 1. The lowest BCUT2D eigenvalue weighted by Gasteiger charge is -2.43. The number of aryl methyl sites for hydroxylation is 1. The van der Waals surface area contributed by atoms with E-state index in [0.29, 0.717) is 19.6 Å². The zero-order valence-corrected chi connectivity index (χ0v) is 14.6. The normalized spacial score (nSPS) is 29.7. The van der Waals surface area contributed by atoms with Crippen LogP contribution in [-0.2, 0) is 27.4 Å². The topological polar surface area (TPSA) is 63.7 Å². The van der Waals surface area contributed by atoms with E-state index in [1.165, 1.54) is 16.9 Å². The van der Waals surface area contributed by atoms with Gasteiger partial charge in [0.15, 0.2) is 9.84 Å². The van der Waals surface area contributed by atoms with E-state index >= 15 is 0 Å². The SMILES string of the molecule is O=C(c1csc2c1CCCC2)N1CCS(=O)(=O)C2COCCC21. The highest BCUT2D eigenvalue weighted by molar-refractivity contribution is 7.92. The number of carbonyl (C=O) groups excluding carboxylic acids is 1. The predicted octanol–water partition coefficient (Wildman–Crippen LogP) is 1.66. The largest absolute Gasteiger partial charge is 0.380 e. The summed E-state index contributed by atoms with van der Waals surface area (Å²) in [7, 11) is -3.15. The van der Waals surface area contributed by atoms with Crippen molar-refractivity contribution in [2.75, 3.05) is 25.5 Å². The minimum absolute atomic E-state index is 0.0243. The Morgan fingerprint density at radius 3 is 3.00 bits per heavy atom. The van der Waals surface area contributed by atoms with Crippen molar-refractivity contribution in [1.29, 1.82) is 0 Å². The van der Waals surface area contributed by atoms with Gasteiger partial charge in [0.25, 0.3) is 5.91 Å². The Hall–Kier alpha value is -0.920. The van der Waals surface area contributed by atoms with Gasteiger partial charge in [-0.25, -0.2) is 8.42 Å². The van der Waals surface area contributed by atoms with Gasteiger partial charge in [0, 0.05) is 23.4 Å². The highest BCUT2D eigenvalue weighted by atomic mass is 32.2. The first-order valence-electron chi connectivity index (χ1n) is 8.27. The van der Waals surface area contributed by atoms with Crippen LogP contribution in [0, 0.1) is 0 Å². The molecule has 0 aromatic carbocycles. The third-order valence-electron chi connectivity index (χ3n) is 5.30. The van der Waals surface area contributed by atoms with Crippen molar-refractivity contribution in [3.63, 3.8) is 0 Å². The summed E-state index contributed by atoms with van der Waals surface area (Å²) in [4.78, 5) is 16.2. The maximum absolute atomic E-state index is 13.1. The molecule has 3 aliphatic rings. The lowest BCUT2D eigenvalue weighted by Crippen LogP contribution is -2.60. The molecule has 0 saturated carbocycles. The van der Waals surface area contributed by atoms with Gasteiger partial charge in [-0.1, -0.05) is 0 Å². The quantitative estimate of drug-likeness (QED) is 0.768. The maximum Gasteiger partial charge on any atom is 0.255 e. The first-order valence-corrected chi connectivity index (χ1v) is 10.9. The molecule has 126 valence electrons. The molecule has 0 bridgehead atoms. The molecule has 1 aromatic heterocycles.